The number of hydrogen-bond acceptors (Lipinski definition) is 4. The number of amides is 1. The molecule has 1 saturated heterocycles. The molecule has 1 aliphatic heterocycles. The molecule has 1 amide bonds. The molecule has 1 fully saturated rings. The van der Waals surface area contributed by atoms with Gasteiger partial charge in [0.2, 0.25) is 0 Å². The first-order valence-corrected chi connectivity index (χ1v) is 9.53. The number of ether oxygens (including phenoxy) is 2. The first-order valence-electron chi connectivity index (χ1n) is 9.53. The molecule has 0 atom stereocenters. The van der Waals surface area contributed by atoms with Gasteiger partial charge in [0.25, 0.3) is 5.91 Å². The highest BCUT2D eigenvalue weighted by molar-refractivity contribution is 5.77. The largest absolute Gasteiger partial charge is 0.489 e. The van der Waals surface area contributed by atoms with Crippen molar-refractivity contribution in [3.8, 4) is 11.5 Å². The van der Waals surface area contributed by atoms with E-state index in [0.717, 1.165) is 37.5 Å². The van der Waals surface area contributed by atoms with Crippen LogP contribution in [0.5, 0.6) is 11.5 Å². The molecule has 2 aromatic rings. The Kier molecular flexibility index (Phi) is 6.71. The minimum atomic E-state index is 0.0443. The minimum Gasteiger partial charge on any atom is -0.489 e. The van der Waals surface area contributed by atoms with Gasteiger partial charge in [0, 0.05) is 32.2 Å². The summed E-state index contributed by atoms with van der Waals surface area (Å²) >= 11 is 0. The zero-order valence-corrected chi connectivity index (χ0v) is 16.1. The van der Waals surface area contributed by atoms with Crippen LogP contribution in [0.4, 0.5) is 0 Å². The molecule has 0 aromatic heterocycles. The van der Waals surface area contributed by atoms with Crippen molar-refractivity contribution in [2.45, 2.75) is 26.5 Å². The highest BCUT2D eigenvalue weighted by Crippen LogP contribution is 2.19. The molecule has 3 rings (SSSR count). The predicted octanol–water partition coefficient (Wildman–Crippen LogP) is 3.20. The Morgan fingerprint density at radius 3 is 2.07 bits per heavy atom. The monoisotopic (exact) mass is 368 g/mol. The fraction of sp³-hybridized carbons (Fsp3) is 0.409. The smallest absolute Gasteiger partial charge is 0.260 e. The first-order chi connectivity index (χ1) is 13.1. The number of carbonyl (C=O) groups excluding carboxylic acids is 1. The Hall–Kier alpha value is -2.53. The summed E-state index contributed by atoms with van der Waals surface area (Å²) in [6.45, 7) is 8.38. The Morgan fingerprint density at radius 1 is 0.889 bits per heavy atom. The van der Waals surface area contributed by atoms with E-state index in [4.69, 9.17) is 9.47 Å². The molecule has 2 aromatic carbocycles. The molecule has 0 N–H and O–H groups in total. The van der Waals surface area contributed by atoms with Gasteiger partial charge in [-0.15, -0.1) is 0 Å². The second-order valence-electron chi connectivity index (χ2n) is 7.04. The number of benzene rings is 2. The van der Waals surface area contributed by atoms with E-state index >= 15 is 0 Å². The zero-order chi connectivity index (χ0) is 19.1. The van der Waals surface area contributed by atoms with Crippen molar-refractivity contribution in [1.29, 1.82) is 0 Å². The summed E-state index contributed by atoms with van der Waals surface area (Å²) in [6.07, 6.45) is 0. The quantitative estimate of drug-likeness (QED) is 0.753. The average molecular weight is 368 g/mol. The fourth-order valence-corrected chi connectivity index (χ4v) is 3.10. The van der Waals surface area contributed by atoms with Gasteiger partial charge in [-0.05, 0) is 43.7 Å². The van der Waals surface area contributed by atoms with E-state index in [1.54, 1.807) is 0 Å². The Morgan fingerprint density at radius 2 is 1.48 bits per heavy atom. The maximum Gasteiger partial charge on any atom is 0.260 e. The van der Waals surface area contributed by atoms with Crippen molar-refractivity contribution in [3.63, 3.8) is 0 Å². The van der Waals surface area contributed by atoms with Crippen molar-refractivity contribution >= 4 is 5.91 Å². The summed E-state index contributed by atoms with van der Waals surface area (Å²) < 4.78 is 11.4. The summed E-state index contributed by atoms with van der Waals surface area (Å²) in [5, 5.41) is 0. The molecule has 0 unspecified atom stereocenters. The fourth-order valence-electron chi connectivity index (χ4n) is 3.10. The minimum absolute atomic E-state index is 0.0443. The van der Waals surface area contributed by atoms with Gasteiger partial charge in [0.1, 0.15) is 18.1 Å². The van der Waals surface area contributed by atoms with Gasteiger partial charge in [-0.3, -0.25) is 9.69 Å². The number of nitrogens with zero attached hydrogens (tertiary/aromatic N) is 2. The molecule has 1 aliphatic rings. The molecule has 27 heavy (non-hydrogen) atoms. The normalized spacial score (nSPS) is 15.0. The van der Waals surface area contributed by atoms with E-state index in [2.05, 4.69) is 18.7 Å². The number of carbonyl (C=O) groups is 1. The van der Waals surface area contributed by atoms with E-state index in [1.165, 1.54) is 0 Å². The maximum absolute atomic E-state index is 12.3. The lowest BCUT2D eigenvalue weighted by atomic mass is 10.2. The SMILES string of the molecule is CC(C)N1CCN(C(=O)COc2ccc(OCc3ccccc3)cc2)CC1. The van der Waals surface area contributed by atoms with E-state index in [1.807, 2.05) is 59.5 Å². The van der Waals surface area contributed by atoms with Crippen LogP contribution in [0, 0.1) is 0 Å². The molecule has 0 bridgehead atoms. The molecule has 5 heteroatoms. The highest BCUT2D eigenvalue weighted by Gasteiger charge is 2.22. The molecular weight excluding hydrogens is 340 g/mol. The molecule has 144 valence electrons. The van der Waals surface area contributed by atoms with Crippen LogP contribution < -0.4 is 9.47 Å². The third kappa shape index (κ3) is 5.73. The molecular formula is C22H28N2O3. The summed E-state index contributed by atoms with van der Waals surface area (Å²) in [6, 6.07) is 18.0. The summed E-state index contributed by atoms with van der Waals surface area (Å²) in [5.74, 6) is 1.50. The van der Waals surface area contributed by atoms with Crippen molar-refractivity contribution < 1.29 is 14.3 Å². The molecule has 5 nitrogen and oxygen atoms in total. The van der Waals surface area contributed by atoms with E-state index in [-0.39, 0.29) is 12.5 Å². The lowest BCUT2D eigenvalue weighted by Gasteiger charge is -2.36. The Labute approximate surface area is 161 Å². The van der Waals surface area contributed by atoms with Crippen molar-refractivity contribution in [1.82, 2.24) is 9.80 Å². The van der Waals surface area contributed by atoms with Crippen LogP contribution in [0.15, 0.2) is 54.6 Å². The van der Waals surface area contributed by atoms with Gasteiger partial charge in [-0.2, -0.15) is 0 Å². The van der Waals surface area contributed by atoms with Gasteiger partial charge in [-0.1, -0.05) is 30.3 Å². The molecule has 0 saturated carbocycles. The van der Waals surface area contributed by atoms with E-state index in [0.29, 0.717) is 18.4 Å². The van der Waals surface area contributed by atoms with Crippen LogP contribution >= 0.6 is 0 Å². The van der Waals surface area contributed by atoms with Crippen LogP contribution in [0.1, 0.15) is 19.4 Å². The average Bonchev–Trinajstić information content (AvgIpc) is 2.72. The topological polar surface area (TPSA) is 42.0 Å². The van der Waals surface area contributed by atoms with Crippen LogP contribution in [0.25, 0.3) is 0 Å². The van der Waals surface area contributed by atoms with Crippen molar-refractivity contribution in [2.24, 2.45) is 0 Å². The Balaban J connectivity index is 1.41. The lowest BCUT2D eigenvalue weighted by molar-refractivity contribution is -0.135. The maximum atomic E-state index is 12.3. The van der Waals surface area contributed by atoms with E-state index in [9.17, 15) is 4.79 Å². The molecule has 0 radical (unpaired) electrons. The van der Waals surface area contributed by atoms with Crippen molar-refractivity contribution in [2.75, 3.05) is 32.8 Å². The third-order valence-corrected chi connectivity index (χ3v) is 4.83. The van der Waals surface area contributed by atoms with E-state index < -0.39 is 0 Å². The lowest BCUT2D eigenvalue weighted by Crippen LogP contribution is -2.51. The standard InChI is InChI=1S/C22H28N2O3/c1-18(2)23-12-14-24(15-13-23)22(25)17-27-21-10-8-20(9-11-21)26-16-19-6-4-3-5-7-19/h3-11,18H,12-17H2,1-2H3. The summed E-state index contributed by atoms with van der Waals surface area (Å²) in [5.41, 5.74) is 1.13. The van der Waals surface area contributed by atoms with Gasteiger partial charge in [0.15, 0.2) is 6.61 Å². The van der Waals surface area contributed by atoms with Crippen LogP contribution in [-0.2, 0) is 11.4 Å². The zero-order valence-electron chi connectivity index (χ0n) is 16.1. The molecule has 0 aliphatic carbocycles. The third-order valence-electron chi connectivity index (χ3n) is 4.83. The predicted molar refractivity (Wildman–Crippen MR) is 106 cm³/mol. The van der Waals surface area contributed by atoms with Gasteiger partial charge in [-0.25, -0.2) is 0 Å². The second-order valence-corrected chi connectivity index (χ2v) is 7.04. The van der Waals surface area contributed by atoms with Gasteiger partial charge >= 0.3 is 0 Å². The molecule has 1 heterocycles. The Bertz CT molecular complexity index is 708. The highest BCUT2D eigenvalue weighted by atomic mass is 16.5. The van der Waals surface area contributed by atoms with Crippen molar-refractivity contribution in [3.05, 3.63) is 60.2 Å². The summed E-state index contributed by atoms with van der Waals surface area (Å²) in [7, 11) is 0. The number of hydrogen-bond donors (Lipinski definition) is 0. The first kappa shape index (κ1) is 19.2. The van der Waals surface area contributed by atoms with Crippen LogP contribution in [0.3, 0.4) is 0 Å². The van der Waals surface area contributed by atoms with Crippen LogP contribution in [0.2, 0.25) is 0 Å². The van der Waals surface area contributed by atoms with Crippen LogP contribution in [-0.4, -0.2) is 54.5 Å². The summed E-state index contributed by atoms with van der Waals surface area (Å²) in [4.78, 5) is 16.6. The number of piperazine rings is 1. The van der Waals surface area contributed by atoms with Gasteiger partial charge in [0.05, 0.1) is 0 Å². The molecule has 0 spiro atoms. The van der Waals surface area contributed by atoms with Gasteiger partial charge < -0.3 is 14.4 Å². The second kappa shape index (κ2) is 9.42. The number of rotatable bonds is 7.